The topological polar surface area (TPSA) is 84.2 Å². The zero-order valence-electron chi connectivity index (χ0n) is 13.0. The van der Waals surface area contributed by atoms with Crippen LogP contribution >= 0.6 is 0 Å². The number of hydrogen-bond acceptors (Lipinski definition) is 3. The number of allylic oxidation sites excluding steroid dienone is 2. The van der Waals surface area contributed by atoms with Crippen molar-refractivity contribution in [1.82, 2.24) is 15.1 Å². The average Bonchev–Trinajstić information content (AvgIpc) is 3.12. The summed E-state index contributed by atoms with van der Waals surface area (Å²) >= 11 is 0. The summed E-state index contributed by atoms with van der Waals surface area (Å²) in [5.41, 5.74) is 2.91. The van der Waals surface area contributed by atoms with Crippen LogP contribution in [0.2, 0.25) is 0 Å². The average molecular weight is 303 g/mol. The van der Waals surface area contributed by atoms with Gasteiger partial charge in [-0.3, -0.25) is 14.3 Å². The van der Waals surface area contributed by atoms with Crippen LogP contribution in [0.1, 0.15) is 23.4 Å². The van der Waals surface area contributed by atoms with Crippen LogP contribution in [0.3, 0.4) is 0 Å². The first-order valence-corrected chi connectivity index (χ1v) is 7.58. The first-order valence-electron chi connectivity index (χ1n) is 7.58. The van der Waals surface area contributed by atoms with Crippen molar-refractivity contribution in [3.8, 4) is 0 Å². The van der Waals surface area contributed by atoms with Crippen LogP contribution in [0.15, 0.2) is 12.2 Å². The Kier molecular flexibility index (Phi) is 3.54. The first kappa shape index (κ1) is 14.8. The van der Waals surface area contributed by atoms with Crippen LogP contribution in [0.4, 0.5) is 0 Å². The Bertz CT molecular complexity index is 662. The molecule has 0 unspecified atom stereocenters. The molecule has 2 bridgehead atoms. The lowest BCUT2D eigenvalue weighted by Crippen LogP contribution is -2.40. The molecule has 0 radical (unpaired) electrons. The monoisotopic (exact) mass is 303 g/mol. The molecule has 1 saturated carbocycles. The minimum absolute atomic E-state index is 0.000106. The third-order valence-corrected chi connectivity index (χ3v) is 5.15. The molecule has 1 aromatic rings. The lowest BCUT2D eigenvalue weighted by Gasteiger charge is -2.23. The van der Waals surface area contributed by atoms with E-state index in [2.05, 4.69) is 10.4 Å². The lowest BCUT2D eigenvalue weighted by atomic mass is 9.82. The van der Waals surface area contributed by atoms with Gasteiger partial charge in [0.1, 0.15) is 0 Å². The van der Waals surface area contributed by atoms with E-state index in [0.717, 1.165) is 23.4 Å². The molecule has 6 heteroatoms. The summed E-state index contributed by atoms with van der Waals surface area (Å²) in [6.07, 6.45) is 4.72. The number of carboxylic acid groups (broad SMARTS) is 1. The van der Waals surface area contributed by atoms with Gasteiger partial charge in [-0.2, -0.15) is 5.10 Å². The van der Waals surface area contributed by atoms with Gasteiger partial charge in [-0.25, -0.2) is 0 Å². The maximum Gasteiger partial charge on any atom is 0.307 e. The SMILES string of the molecule is Cc1nn(C)c(C)c1CNC(=O)[C@@H]1[C@@H](C(=O)O)[C@H]2C=C[C@@H]1C2. The molecular weight excluding hydrogens is 282 g/mol. The van der Waals surface area contributed by atoms with Gasteiger partial charge in [-0.1, -0.05) is 12.2 Å². The third kappa shape index (κ3) is 2.23. The van der Waals surface area contributed by atoms with Crippen LogP contribution < -0.4 is 5.32 Å². The minimum atomic E-state index is -0.870. The van der Waals surface area contributed by atoms with E-state index in [-0.39, 0.29) is 17.7 Å². The zero-order chi connectivity index (χ0) is 16.0. The summed E-state index contributed by atoms with van der Waals surface area (Å²) in [4.78, 5) is 24.0. The van der Waals surface area contributed by atoms with Gasteiger partial charge in [-0.05, 0) is 32.1 Å². The molecule has 2 N–H and O–H groups in total. The summed E-state index contributed by atoms with van der Waals surface area (Å²) in [5, 5.41) is 16.6. The van der Waals surface area contributed by atoms with Crippen molar-refractivity contribution >= 4 is 11.9 Å². The highest BCUT2D eigenvalue weighted by Crippen LogP contribution is 2.48. The number of aliphatic carboxylic acids is 1. The molecule has 4 atom stereocenters. The molecular formula is C16H21N3O3. The maximum atomic E-state index is 12.5. The number of aromatic nitrogens is 2. The number of carbonyl (C=O) groups excluding carboxylic acids is 1. The number of nitrogens with one attached hydrogen (secondary N) is 1. The van der Waals surface area contributed by atoms with Crippen molar-refractivity contribution in [2.75, 3.05) is 0 Å². The number of carbonyl (C=O) groups is 2. The molecule has 0 aromatic carbocycles. The number of rotatable bonds is 4. The van der Waals surface area contributed by atoms with E-state index in [9.17, 15) is 14.7 Å². The van der Waals surface area contributed by atoms with E-state index in [1.807, 2.05) is 33.0 Å². The van der Waals surface area contributed by atoms with Crippen LogP contribution in [-0.2, 0) is 23.2 Å². The van der Waals surface area contributed by atoms with Crippen LogP contribution in [0.5, 0.6) is 0 Å². The lowest BCUT2D eigenvalue weighted by molar-refractivity contribution is -0.147. The Morgan fingerprint density at radius 3 is 2.50 bits per heavy atom. The number of fused-ring (bicyclic) bond motifs is 2. The van der Waals surface area contributed by atoms with Gasteiger partial charge >= 0.3 is 5.97 Å². The summed E-state index contributed by atoms with van der Waals surface area (Å²) in [6.45, 7) is 4.27. The van der Waals surface area contributed by atoms with E-state index in [4.69, 9.17) is 0 Å². The zero-order valence-corrected chi connectivity index (χ0v) is 13.0. The van der Waals surface area contributed by atoms with Crippen molar-refractivity contribution in [1.29, 1.82) is 0 Å². The number of nitrogens with zero attached hydrogens (tertiary/aromatic N) is 2. The highest BCUT2D eigenvalue weighted by atomic mass is 16.4. The molecule has 1 aromatic heterocycles. The molecule has 2 aliphatic carbocycles. The molecule has 3 rings (SSSR count). The molecule has 0 spiro atoms. The van der Waals surface area contributed by atoms with E-state index in [0.29, 0.717) is 6.54 Å². The number of amides is 1. The smallest absolute Gasteiger partial charge is 0.307 e. The molecule has 1 fully saturated rings. The highest BCUT2D eigenvalue weighted by Gasteiger charge is 2.51. The highest BCUT2D eigenvalue weighted by molar-refractivity contribution is 5.86. The largest absolute Gasteiger partial charge is 0.481 e. The minimum Gasteiger partial charge on any atom is -0.481 e. The van der Waals surface area contributed by atoms with E-state index in [1.54, 1.807) is 4.68 Å². The number of aryl methyl sites for hydroxylation is 2. The molecule has 6 nitrogen and oxygen atoms in total. The first-order chi connectivity index (χ1) is 10.4. The summed E-state index contributed by atoms with van der Waals surface area (Å²) in [6, 6.07) is 0. The quantitative estimate of drug-likeness (QED) is 0.818. The Labute approximate surface area is 129 Å². The fourth-order valence-corrected chi connectivity index (χ4v) is 3.88. The van der Waals surface area contributed by atoms with Gasteiger partial charge in [0.25, 0.3) is 0 Å². The Morgan fingerprint density at radius 2 is 1.95 bits per heavy atom. The molecule has 0 saturated heterocycles. The Hall–Kier alpha value is -2.11. The van der Waals surface area contributed by atoms with E-state index >= 15 is 0 Å². The maximum absolute atomic E-state index is 12.5. The predicted octanol–water partition coefficient (Wildman–Crippen LogP) is 1.18. The summed E-state index contributed by atoms with van der Waals surface area (Å²) in [7, 11) is 1.87. The van der Waals surface area contributed by atoms with Gasteiger partial charge < -0.3 is 10.4 Å². The molecule has 1 heterocycles. The van der Waals surface area contributed by atoms with Crippen LogP contribution in [-0.4, -0.2) is 26.8 Å². The third-order valence-electron chi connectivity index (χ3n) is 5.15. The molecule has 2 aliphatic rings. The van der Waals surface area contributed by atoms with Crippen LogP contribution in [0, 0.1) is 37.5 Å². The fourth-order valence-electron chi connectivity index (χ4n) is 3.88. The van der Waals surface area contributed by atoms with Crippen molar-refractivity contribution in [2.45, 2.75) is 26.8 Å². The van der Waals surface area contributed by atoms with Crippen molar-refractivity contribution in [3.63, 3.8) is 0 Å². The van der Waals surface area contributed by atoms with Gasteiger partial charge in [-0.15, -0.1) is 0 Å². The predicted molar refractivity (Wildman–Crippen MR) is 79.9 cm³/mol. The standard InChI is InChI=1S/C16H21N3O3/c1-8-12(9(2)19(3)18-8)7-17-15(20)13-10-4-5-11(6-10)14(13)16(21)22/h4-5,10-11,13-14H,6-7H2,1-3H3,(H,17,20)(H,21,22)/t10-,11+,13+,14+/m1/s1. The summed E-state index contributed by atoms with van der Waals surface area (Å²) in [5.74, 6) is -2.02. The second kappa shape index (κ2) is 5.26. The second-order valence-electron chi connectivity index (χ2n) is 6.33. The Balaban J connectivity index is 1.72. The number of carboxylic acids is 1. The molecule has 22 heavy (non-hydrogen) atoms. The van der Waals surface area contributed by atoms with Crippen LogP contribution in [0.25, 0.3) is 0 Å². The van der Waals surface area contributed by atoms with Crippen molar-refractivity contribution in [3.05, 3.63) is 29.1 Å². The van der Waals surface area contributed by atoms with Gasteiger partial charge in [0.15, 0.2) is 0 Å². The van der Waals surface area contributed by atoms with Gasteiger partial charge in [0.05, 0.1) is 17.5 Å². The molecule has 1 amide bonds. The summed E-state index contributed by atoms with van der Waals surface area (Å²) < 4.78 is 1.79. The van der Waals surface area contributed by atoms with E-state index < -0.39 is 17.8 Å². The number of hydrogen-bond donors (Lipinski definition) is 2. The Morgan fingerprint density at radius 1 is 1.32 bits per heavy atom. The molecule has 0 aliphatic heterocycles. The second-order valence-corrected chi connectivity index (χ2v) is 6.33. The van der Waals surface area contributed by atoms with Gasteiger partial charge in [0, 0.05) is 24.8 Å². The molecule has 118 valence electrons. The van der Waals surface area contributed by atoms with E-state index in [1.165, 1.54) is 0 Å². The van der Waals surface area contributed by atoms with Gasteiger partial charge in [0.2, 0.25) is 5.91 Å². The normalized spacial score (nSPS) is 29.0. The fraction of sp³-hybridized carbons (Fsp3) is 0.562. The van der Waals surface area contributed by atoms with Crippen molar-refractivity contribution < 1.29 is 14.7 Å². The van der Waals surface area contributed by atoms with Crippen molar-refractivity contribution in [2.24, 2.45) is 30.7 Å².